The van der Waals surface area contributed by atoms with E-state index in [1.165, 1.54) is 29.0 Å². The third-order valence-corrected chi connectivity index (χ3v) is 5.01. The molecule has 5 heteroatoms. The van der Waals surface area contributed by atoms with Gasteiger partial charge in [0.1, 0.15) is 0 Å². The van der Waals surface area contributed by atoms with Gasteiger partial charge in [0.25, 0.3) is 0 Å². The summed E-state index contributed by atoms with van der Waals surface area (Å²) >= 11 is 1.84. The highest BCUT2D eigenvalue weighted by Gasteiger charge is 2.29. The average Bonchev–Trinajstić information content (AvgIpc) is 3.27. The summed E-state index contributed by atoms with van der Waals surface area (Å²) in [5.41, 5.74) is 2.66. The van der Waals surface area contributed by atoms with E-state index in [0.29, 0.717) is 5.92 Å². The lowest BCUT2D eigenvalue weighted by Gasteiger charge is -2.15. The molecule has 0 unspecified atom stereocenters. The Bertz CT molecular complexity index is 577. The van der Waals surface area contributed by atoms with Crippen LogP contribution in [0.5, 0.6) is 0 Å². The first-order valence-electron chi connectivity index (χ1n) is 7.52. The Morgan fingerprint density at radius 2 is 2.10 bits per heavy atom. The van der Waals surface area contributed by atoms with Gasteiger partial charge in [-0.2, -0.15) is 0 Å². The van der Waals surface area contributed by atoms with Gasteiger partial charge in [0.05, 0.1) is 5.69 Å². The summed E-state index contributed by atoms with van der Waals surface area (Å²) in [4.78, 5) is 12.6. The van der Waals surface area contributed by atoms with E-state index < -0.39 is 0 Å². The highest BCUT2D eigenvalue weighted by molar-refractivity contribution is 7.15. The van der Waals surface area contributed by atoms with Crippen LogP contribution in [0, 0.1) is 0 Å². The number of anilines is 1. The summed E-state index contributed by atoms with van der Waals surface area (Å²) in [6.45, 7) is 1.92. The number of nitrogens with zero attached hydrogens (tertiary/aromatic N) is 3. The number of nitrogens with one attached hydrogen (secondary N) is 1. The van der Waals surface area contributed by atoms with Gasteiger partial charge in [-0.05, 0) is 44.0 Å². The minimum absolute atomic E-state index is 0.715. The van der Waals surface area contributed by atoms with Gasteiger partial charge in [0.2, 0.25) is 0 Å². The molecule has 0 aliphatic heterocycles. The fraction of sp³-hybridized carbons (Fsp3) is 0.500. The summed E-state index contributed by atoms with van der Waals surface area (Å²) < 4.78 is 0. The first-order chi connectivity index (χ1) is 10.3. The number of aromatic nitrogens is 2. The molecule has 2 aromatic rings. The van der Waals surface area contributed by atoms with E-state index in [0.717, 1.165) is 24.6 Å². The number of hydrogen-bond donors (Lipinski definition) is 1. The van der Waals surface area contributed by atoms with Crippen molar-refractivity contribution >= 4 is 16.5 Å². The molecular weight excluding hydrogens is 280 g/mol. The third-order valence-electron chi connectivity index (χ3n) is 3.83. The molecule has 112 valence electrons. The van der Waals surface area contributed by atoms with Crippen molar-refractivity contribution in [2.24, 2.45) is 0 Å². The van der Waals surface area contributed by atoms with Gasteiger partial charge in [-0.25, -0.2) is 4.98 Å². The van der Waals surface area contributed by atoms with E-state index >= 15 is 0 Å². The van der Waals surface area contributed by atoms with E-state index in [9.17, 15) is 0 Å². The maximum absolute atomic E-state index is 4.90. The van der Waals surface area contributed by atoms with Crippen LogP contribution in [0.15, 0.2) is 24.5 Å². The molecule has 0 atom stereocenters. The van der Waals surface area contributed by atoms with Crippen LogP contribution in [-0.4, -0.2) is 30.6 Å². The molecule has 0 aromatic carbocycles. The third kappa shape index (κ3) is 3.60. The number of thiazole rings is 1. The predicted octanol–water partition coefficient (Wildman–Crippen LogP) is 2.81. The zero-order valence-corrected chi connectivity index (χ0v) is 13.5. The average molecular weight is 302 g/mol. The van der Waals surface area contributed by atoms with Crippen LogP contribution in [0.25, 0.3) is 0 Å². The van der Waals surface area contributed by atoms with E-state index in [4.69, 9.17) is 4.98 Å². The van der Waals surface area contributed by atoms with Crippen molar-refractivity contribution in [3.8, 4) is 0 Å². The quantitative estimate of drug-likeness (QED) is 0.854. The summed E-state index contributed by atoms with van der Waals surface area (Å²) in [6.07, 6.45) is 7.35. The molecule has 2 aromatic heterocycles. The second-order valence-corrected chi connectivity index (χ2v) is 6.70. The zero-order valence-electron chi connectivity index (χ0n) is 12.7. The Balaban J connectivity index is 1.66. The van der Waals surface area contributed by atoms with Crippen molar-refractivity contribution < 1.29 is 0 Å². The van der Waals surface area contributed by atoms with Crippen LogP contribution in [0.3, 0.4) is 0 Å². The van der Waals surface area contributed by atoms with Gasteiger partial charge >= 0.3 is 0 Å². The van der Waals surface area contributed by atoms with Crippen molar-refractivity contribution in [3.63, 3.8) is 0 Å². The lowest BCUT2D eigenvalue weighted by atomic mass is 10.2. The molecule has 4 nitrogen and oxygen atoms in total. The monoisotopic (exact) mass is 302 g/mol. The smallest absolute Gasteiger partial charge is 0.185 e. The van der Waals surface area contributed by atoms with E-state index in [2.05, 4.69) is 34.4 Å². The maximum Gasteiger partial charge on any atom is 0.185 e. The zero-order chi connectivity index (χ0) is 14.7. The number of hydrogen-bond acceptors (Lipinski definition) is 5. The molecule has 0 saturated heterocycles. The summed E-state index contributed by atoms with van der Waals surface area (Å²) in [7, 11) is 4.14. The summed E-state index contributed by atoms with van der Waals surface area (Å²) in [6, 6.07) is 4.16. The predicted molar refractivity (Wildman–Crippen MR) is 88.1 cm³/mol. The fourth-order valence-corrected chi connectivity index (χ4v) is 3.56. The normalized spacial score (nSPS) is 14.4. The maximum atomic E-state index is 4.90. The van der Waals surface area contributed by atoms with Crippen LogP contribution >= 0.6 is 11.3 Å². The molecular formula is C16H22N4S. The Kier molecular flexibility index (Phi) is 4.51. The van der Waals surface area contributed by atoms with Gasteiger partial charge in [-0.1, -0.05) is 0 Å². The highest BCUT2D eigenvalue weighted by atomic mass is 32.1. The number of pyridine rings is 1. The Morgan fingerprint density at radius 1 is 1.33 bits per heavy atom. The standard InChI is InChI=1S/C16H22N4S/c1-17-11-14-15(13-3-4-13)19-16(21-14)20(2)10-7-12-5-8-18-9-6-12/h5-6,8-9,13,17H,3-4,7,10-11H2,1-2H3. The summed E-state index contributed by atoms with van der Waals surface area (Å²) in [5, 5.41) is 4.41. The van der Waals surface area contributed by atoms with Crippen molar-refractivity contribution in [2.75, 3.05) is 25.5 Å². The molecule has 0 spiro atoms. The van der Waals surface area contributed by atoms with Gasteiger partial charge in [0, 0.05) is 43.3 Å². The minimum Gasteiger partial charge on any atom is -0.351 e. The molecule has 1 aliphatic rings. The second kappa shape index (κ2) is 6.54. The number of likely N-dealkylation sites (N-methyl/N-ethyl adjacent to an activating group) is 1. The topological polar surface area (TPSA) is 41.0 Å². The van der Waals surface area contributed by atoms with E-state index in [1.54, 1.807) is 0 Å². The van der Waals surface area contributed by atoms with Gasteiger partial charge in [0.15, 0.2) is 5.13 Å². The minimum atomic E-state index is 0.715. The second-order valence-electron chi connectivity index (χ2n) is 5.64. The van der Waals surface area contributed by atoms with Crippen molar-refractivity contribution in [2.45, 2.75) is 31.7 Å². The largest absolute Gasteiger partial charge is 0.351 e. The van der Waals surface area contributed by atoms with Crippen molar-refractivity contribution in [1.82, 2.24) is 15.3 Å². The molecule has 2 heterocycles. The van der Waals surface area contributed by atoms with Gasteiger partial charge < -0.3 is 10.2 Å². The molecule has 0 amide bonds. The lowest BCUT2D eigenvalue weighted by molar-refractivity contribution is 0.811. The van der Waals surface area contributed by atoms with Crippen LogP contribution < -0.4 is 10.2 Å². The van der Waals surface area contributed by atoms with Crippen molar-refractivity contribution in [1.29, 1.82) is 0 Å². The molecule has 1 fully saturated rings. The lowest BCUT2D eigenvalue weighted by Crippen LogP contribution is -2.20. The van der Waals surface area contributed by atoms with Gasteiger partial charge in [-0.3, -0.25) is 4.98 Å². The van der Waals surface area contributed by atoms with E-state index in [1.807, 2.05) is 30.8 Å². The molecule has 0 bridgehead atoms. The Hall–Kier alpha value is -1.46. The van der Waals surface area contributed by atoms with E-state index in [-0.39, 0.29) is 0 Å². The Morgan fingerprint density at radius 3 is 2.76 bits per heavy atom. The summed E-state index contributed by atoms with van der Waals surface area (Å²) in [5.74, 6) is 0.715. The van der Waals surface area contributed by atoms with Crippen molar-refractivity contribution in [3.05, 3.63) is 40.7 Å². The first kappa shape index (κ1) is 14.5. The molecule has 1 saturated carbocycles. The molecule has 1 aliphatic carbocycles. The molecule has 3 rings (SSSR count). The SMILES string of the molecule is CNCc1sc(N(C)CCc2ccncc2)nc1C1CC1. The molecule has 1 N–H and O–H groups in total. The first-order valence-corrected chi connectivity index (χ1v) is 8.34. The Labute approximate surface area is 130 Å². The molecule has 21 heavy (non-hydrogen) atoms. The van der Waals surface area contributed by atoms with Gasteiger partial charge in [-0.15, -0.1) is 11.3 Å². The highest BCUT2D eigenvalue weighted by Crippen LogP contribution is 2.44. The van der Waals surface area contributed by atoms with Crippen LogP contribution in [0.4, 0.5) is 5.13 Å². The van der Waals surface area contributed by atoms with Crippen LogP contribution in [-0.2, 0) is 13.0 Å². The van der Waals surface area contributed by atoms with Crippen LogP contribution in [0.2, 0.25) is 0 Å². The fourth-order valence-electron chi connectivity index (χ4n) is 2.42. The van der Waals surface area contributed by atoms with Crippen LogP contribution in [0.1, 0.15) is 34.9 Å². The molecule has 0 radical (unpaired) electrons. The number of rotatable bonds is 7.